The Morgan fingerprint density at radius 2 is 1.84 bits per heavy atom. The number of carbonyl (C=O) groups is 2. The van der Waals surface area contributed by atoms with Gasteiger partial charge in [0.1, 0.15) is 18.1 Å². The molecule has 6 nitrogen and oxygen atoms in total. The molecule has 2 aromatic carbocycles. The minimum atomic E-state index is -0.401. The van der Waals surface area contributed by atoms with Crippen LogP contribution in [0.4, 0.5) is 4.79 Å². The van der Waals surface area contributed by atoms with Crippen molar-refractivity contribution in [2.75, 3.05) is 20.3 Å². The van der Waals surface area contributed by atoms with Crippen molar-refractivity contribution in [3.63, 3.8) is 0 Å². The summed E-state index contributed by atoms with van der Waals surface area (Å²) in [4.78, 5) is 26.5. The lowest BCUT2D eigenvalue weighted by atomic mass is 10.2. The first-order valence-corrected chi connectivity index (χ1v) is 11.1. The highest BCUT2D eigenvalue weighted by atomic mass is 35.5. The Morgan fingerprint density at radius 1 is 1.06 bits per heavy atom. The van der Waals surface area contributed by atoms with E-state index >= 15 is 0 Å². The second-order valence-electron chi connectivity index (χ2n) is 6.66. The molecule has 1 saturated heterocycles. The zero-order valence-corrected chi connectivity index (χ0v) is 19.2. The number of methoxy groups -OCH3 is 1. The van der Waals surface area contributed by atoms with E-state index in [0.29, 0.717) is 38.6 Å². The van der Waals surface area contributed by atoms with Crippen LogP contribution in [0.1, 0.15) is 5.76 Å². The van der Waals surface area contributed by atoms with Crippen LogP contribution in [0, 0.1) is 0 Å². The van der Waals surface area contributed by atoms with E-state index in [-0.39, 0.29) is 23.3 Å². The number of thioether (sulfide) groups is 1. The van der Waals surface area contributed by atoms with Crippen molar-refractivity contribution < 1.29 is 23.5 Å². The maximum absolute atomic E-state index is 12.7. The van der Waals surface area contributed by atoms with E-state index in [1.807, 2.05) is 12.1 Å². The Balaban J connectivity index is 1.43. The van der Waals surface area contributed by atoms with Gasteiger partial charge in [0.2, 0.25) is 0 Å². The van der Waals surface area contributed by atoms with Gasteiger partial charge in [-0.05, 0) is 54.2 Å². The van der Waals surface area contributed by atoms with E-state index in [4.69, 9.17) is 37.1 Å². The summed E-state index contributed by atoms with van der Waals surface area (Å²) in [6.45, 7) is 0.255. The summed E-state index contributed by atoms with van der Waals surface area (Å²) in [7, 11) is 1.55. The molecule has 0 spiro atoms. The third-order valence-electron chi connectivity index (χ3n) is 4.61. The van der Waals surface area contributed by atoms with Gasteiger partial charge in [-0.1, -0.05) is 35.3 Å². The zero-order valence-electron chi connectivity index (χ0n) is 16.8. The number of hydrogen-bond donors (Lipinski definition) is 0. The maximum Gasteiger partial charge on any atom is 0.293 e. The number of ether oxygens (including phenoxy) is 2. The molecule has 0 atom stereocenters. The normalized spacial score (nSPS) is 15.0. The molecule has 4 rings (SSSR count). The third kappa shape index (κ3) is 4.80. The van der Waals surface area contributed by atoms with Crippen molar-refractivity contribution in [1.29, 1.82) is 0 Å². The molecular weight excluding hydrogens is 473 g/mol. The van der Waals surface area contributed by atoms with Crippen LogP contribution in [0.25, 0.3) is 17.4 Å². The van der Waals surface area contributed by atoms with Gasteiger partial charge in [0.15, 0.2) is 11.5 Å². The van der Waals surface area contributed by atoms with Gasteiger partial charge in [-0.2, -0.15) is 0 Å². The van der Waals surface area contributed by atoms with E-state index in [9.17, 15) is 9.59 Å². The third-order valence-corrected chi connectivity index (χ3v) is 6.08. The number of imide groups is 1. The summed E-state index contributed by atoms with van der Waals surface area (Å²) < 4.78 is 16.7. The molecule has 0 unspecified atom stereocenters. The second kappa shape index (κ2) is 9.73. The van der Waals surface area contributed by atoms with Crippen LogP contribution in [-0.2, 0) is 4.79 Å². The number of hydrogen-bond acceptors (Lipinski definition) is 6. The van der Waals surface area contributed by atoms with Gasteiger partial charge in [0.25, 0.3) is 11.1 Å². The van der Waals surface area contributed by atoms with Gasteiger partial charge >= 0.3 is 0 Å². The van der Waals surface area contributed by atoms with Gasteiger partial charge in [-0.15, -0.1) is 0 Å². The quantitative estimate of drug-likeness (QED) is 0.358. The van der Waals surface area contributed by atoms with Crippen molar-refractivity contribution >= 4 is 52.2 Å². The lowest BCUT2D eigenvalue weighted by Gasteiger charge is -2.14. The van der Waals surface area contributed by atoms with Crippen LogP contribution in [0.3, 0.4) is 0 Å². The maximum atomic E-state index is 12.7. The van der Waals surface area contributed by atoms with Crippen molar-refractivity contribution in [1.82, 2.24) is 4.90 Å². The molecule has 32 heavy (non-hydrogen) atoms. The monoisotopic (exact) mass is 489 g/mol. The van der Waals surface area contributed by atoms with Crippen molar-refractivity contribution in [3.8, 4) is 22.8 Å². The number of amides is 2. The molecule has 0 radical (unpaired) electrons. The average Bonchev–Trinajstić information content (AvgIpc) is 3.35. The Hall–Kier alpha value is -2.87. The summed E-state index contributed by atoms with van der Waals surface area (Å²) in [5.74, 6) is 1.65. The molecule has 0 N–H and O–H groups in total. The standard InChI is InChI=1S/C23H17Cl2NO5S/c1-29-19-4-2-3-5-20(19)30-11-10-26-22(27)21(32-23(26)28)13-15-7-9-18(31-15)16-12-14(24)6-8-17(16)25/h2-9,12-13H,10-11H2,1H3/b21-13-. The van der Waals surface area contributed by atoms with Crippen LogP contribution < -0.4 is 9.47 Å². The Morgan fingerprint density at radius 3 is 2.62 bits per heavy atom. The molecule has 2 heterocycles. The highest BCUT2D eigenvalue weighted by molar-refractivity contribution is 8.18. The van der Waals surface area contributed by atoms with Gasteiger partial charge < -0.3 is 13.9 Å². The Labute approximate surface area is 198 Å². The first-order valence-electron chi connectivity index (χ1n) is 9.52. The fourth-order valence-corrected chi connectivity index (χ4v) is 4.30. The summed E-state index contributed by atoms with van der Waals surface area (Å²) in [6.07, 6.45) is 1.54. The fourth-order valence-electron chi connectivity index (χ4n) is 3.07. The van der Waals surface area contributed by atoms with Gasteiger partial charge in [-0.3, -0.25) is 14.5 Å². The van der Waals surface area contributed by atoms with E-state index in [0.717, 1.165) is 16.7 Å². The number of para-hydroxylation sites is 2. The first-order chi connectivity index (χ1) is 15.5. The number of rotatable bonds is 7. The topological polar surface area (TPSA) is 69.0 Å². The smallest absolute Gasteiger partial charge is 0.293 e. The highest BCUT2D eigenvalue weighted by Crippen LogP contribution is 2.35. The van der Waals surface area contributed by atoms with E-state index < -0.39 is 5.91 Å². The largest absolute Gasteiger partial charge is 0.493 e. The van der Waals surface area contributed by atoms with Crippen LogP contribution in [-0.4, -0.2) is 36.3 Å². The Kier molecular flexibility index (Phi) is 6.79. The zero-order chi connectivity index (χ0) is 22.7. The molecule has 2 amide bonds. The summed E-state index contributed by atoms with van der Waals surface area (Å²) in [5.41, 5.74) is 0.639. The van der Waals surface area contributed by atoms with E-state index in [1.54, 1.807) is 49.6 Å². The molecular formula is C23H17Cl2NO5S. The predicted octanol–water partition coefficient (Wildman–Crippen LogP) is 6.38. The van der Waals surface area contributed by atoms with E-state index in [2.05, 4.69) is 0 Å². The summed E-state index contributed by atoms with van der Waals surface area (Å²) in [6, 6.07) is 15.7. The Bertz CT molecular complexity index is 1210. The first kappa shape index (κ1) is 22.3. The van der Waals surface area contributed by atoms with Gasteiger partial charge in [0, 0.05) is 16.7 Å². The second-order valence-corrected chi connectivity index (χ2v) is 8.50. The molecule has 0 saturated carbocycles. The number of carbonyl (C=O) groups excluding carboxylic acids is 2. The van der Waals surface area contributed by atoms with Crippen LogP contribution in [0.15, 0.2) is 63.9 Å². The molecule has 1 fully saturated rings. The molecule has 1 aliphatic heterocycles. The minimum Gasteiger partial charge on any atom is -0.493 e. The lowest BCUT2D eigenvalue weighted by molar-refractivity contribution is -0.123. The van der Waals surface area contributed by atoms with Gasteiger partial charge in [-0.25, -0.2) is 0 Å². The molecule has 1 aromatic heterocycles. The molecule has 1 aliphatic rings. The lowest BCUT2D eigenvalue weighted by Crippen LogP contribution is -2.32. The number of nitrogens with zero attached hydrogens (tertiary/aromatic N) is 1. The molecule has 0 aliphatic carbocycles. The average molecular weight is 490 g/mol. The highest BCUT2D eigenvalue weighted by Gasteiger charge is 2.35. The number of furan rings is 1. The van der Waals surface area contributed by atoms with Crippen molar-refractivity contribution in [2.45, 2.75) is 0 Å². The van der Waals surface area contributed by atoms with Crippen LogP contribution in [0.5, 0.6) is 11.5 Å². The van der Waals surface area contributed by atoms with Crippen LogP contribution >= 0.6 is 35.0 Å². The van der Waals surface area contributed by atoms with Crippen LogP contribution in [0.2, 0.25) is 10.0 Å². The fraction of sp³-hybridized carbons (Fsp3) is 0.130. The van der Waals surface area contributed by atoms with E-state index in [1.165, 1.54) is 6.08 Å². The number of benzene rings is 2. The summed E-state index contributed by atoms with van der Waals surface area (Å²) >= 11 is 13.1. The minimum absolute atomic E-state index is 0.113. The van der Waals surface area contributed by atoms with Crippen molar-refractivity contribution in [2.24, 2.45) is 0 Å². The predicted molar refractivity (Wildman–Crippen MR) is 125 cm³/mol. The SMILES string of the molecule is COc1ccccc1OCCN1C(=O)S/C(=C\c2ccc(-c3cc(Cl)ccc3Cl)o2)C1=O. The number of halogens is 2. The molecule has 3 aromatic rings. The molecule has 164 valence electrons. The summed E-state index contributed by atoms with van der Waals surface area (Å²) in [5, 5.41) is 0.652. The molecule has 0 bridgehead atoms. The van der Waals surface area contributed by atoms with Gasteiger partial charge in [0.05, 0.1) is 23.6 Å². The molecule has 9 heteroatoms. The van der Waals surface area contributed by atoms with Crippen molar-refractivity contribution in [3.05, 3.63) is 75.3 Å².